The second-order valence-electron chi connectivity index (χ2n) is 3.08. The van der Waals surface area contributed by atoms with Gasteiger partial charge in [-0.1, -0.05) is 6.07 Å². The molecule has 3 nitrogen and oxygen atoms in total. The van der Waals surface area contributed by atoms with Gasteiger partial charge in [0.25, 0.3) is 0 Å². The number of aliphatic imine (C=N–C) groups is 1. The molecule has 0 aromatic heterocycles. The quantitative estimate of drug-likeness (QED) is 0.592. The second-order valence-corrected chi connectivity index (χ2v) is 3.08. The third kappa shape index (κ3) is 3.74. The lowest BCUT2D eigenvalue weighted by Gasteiger charge is -2.10. The molecule has 16 heavy (non-hydrogen) atoms. The van der Waals surface area contributed by atoms with Gasteiger partial charge in [-0.3, -0.25) is 0 Å². The standard InChI is InChI=1S/C10H8F3NO2/c1-7-2-3-8(14-6-15)9(4-7)16-5-10(11,12)13/h2-4H,5H2,1H3. The number of benzene rings is 1. The molecule has 1 rings (SSSR count). The third-order valence-electron chi connectivity index (χ3n) is 1.67. The van der Waals surface area contributed by atoms with E-state index < -0.39 is 12.8 Å². The maximum atomic E-state index is 11.9. The van der Waals surface area contributed by atoms with Crippen molar-refractivity contribution < 1.29 is 22.7 Å². The fourth-order valence-corrected chi connectivity index (χ4v) is 1.04. The molecular weight excluding hydrogens is 223 g/mol. The molecule has 0 unspecified atom stereocenters. The van der Waals surface area contributed by atoms with Crippen molar-refractivity contribution in [1.82, 2.24) is 0 Å². The van der Waals surface area contributed by atoms with Crippen LogP contribution >= 0.6 is 0 Å². The number of isocyanates is 1. The van der Waals surface area contributed by atoms with Gasteiger partial charge in [-0.05, 0) is 24.6 Å². The molecule has 0 amide bonds. The van der Waals surface area contributed by atoms with E-state index in [4.69, 9.17) is 0 Å². The van der Waals surface area contributed by atoms with Gasteiger partial charge in [0.05, 0.1) is 0 Å². The number of hydrogen-bond donors (Lipinski definition) is 0. The third-order valence-corrected chi connectivity index (χ3v) is 1.67. The summed E-state index contributed by atoms with van der Waals surface area (Å²) >= 11 is 0. The molecule has 0 N–H and O–H groups in total. The number of rotatable bonds is 3. The lowest BCUT2D eigenvalue weighted by Crippen LogP contribution is -2.19. The Hall–Kier alpha value is -1.81. The highest BCUT2D eigenvalue weighted by molar-refractivity contribution is 5.58. The van der Waals surface area contributed by atoms with Gasteiger partial charge in [-0.25, -0.2) is 4.79 Å². The first-order valence-electron chi connectivity index (χ1n) is 4.30. The Morgan fingerprint density at radius 1 is 1.44 bits per heavy atom. The molecule has 0 spiro atoms. The van der Waals surface area contributed by atoms with Crippen LogP contribution in [0.3, 0.4) is 0 Å². The second kappa shape index (κ2) is 4.81. The van der Waals surface area contributed by atoms with Gasteiger partial charge in [0.1, 0.15) is 11.4 Å². The van der Waals surface area contributed by atoms with Crippen molar-refractivity contribution in [3.05, 3.63) is 23.8 Å². The van der Waals surface area contributed by atoms with Crippen molar-refractivity contribution in [3.8, 4) is 5.75 Å². The summed E-state index contributed by atoms with van der Waals surface area (Å²) in [5.41, 5.74) is 0.742. The molecule has 0 aliphatic carbocycles. The van der Waals surface area contributed by atoms with Crippen LogP contribution in [0.15, 0.2) is 23.2 Å². The zero-order valence-electron chi connectivity index (χ0n) is 8.34. The van der Waals surface area contributed by atoms with Crippen LogP contribution < -0.4 is 4.74 Å². The average molecular weight is 231 g/mol. The van der Waals surface area contributed by atoms with Crippen LogP contribution in [0, 0.1) is 6.92 Å². The van der Waals surface area contributed by atoms with E-state index in [0.29, 0.717) is 5.56 Å². The van der Waals surface area contributed by atoms with Gasteiger partial charge in [0, 0.05) is 0 Å². The van der Waals surface area contributed by atoms with Crippen LogP contribution in [0.4, 0.5) is 18.9 Å². The Bertz CT molecular complexity index is 423. The summed E-state index contributed by atoms with van der Waals surface area (Å²) < 4.78 is 40.3. The van der Waals surface area contributed by atoms with Crippen LogP contribution in [0.1, 0.15) is 5.56 Å². The van der Waals surface area contributed by atoms with Gasteiger partial charge in [-0.15, -0.1) is 0 Å². The Morgan fingerprint density at radius 3 is 2.69 bits per heavy atom. The maximum Gasteiger partial charge on any atom is 0.422 e. The van der Waals surface area contributed by atoms with Crippen LogP contribution in [-0.2, 0) is 4.79 Å². The molecule has 6 heteroatoms. The topological polar surface area (TPSA) is 38.7 Å². The van der Waals surface area contributed by atoms with Gasteiger partial charge >= 0.3 is 6.18 Å². The maximum absolute atomic E-state index is 11.9. The van der Waals surface area contributed by atoms with Crippen LogP contribution in [0.2, 0.25) is 0 Å². The van der Waals surface area contributed by atoms with Gasteiger partial charge in [0.2, 0.25) is 6.08 Å². The lowest BCUT2D eigenvalue weighted by atomic mass is 10.2. The number of hydrogen-bond acceptors (Lipinski definition) is 3. The van der Waals surface area contributed by atoms with E-state index in [0.717, 1.165) is 0 Å². The van der Waals surface area contributed by atoms with Crippen LogP contribution in [-0.4, -0.2) is 18.9 Å². The highest BCUT2D eigenvalue weighted by Crippen LogP contribution is 2.29. The van der Waals surface area contributed by atoms with Crippen molar-refractivity contribution in [2.75, 3.05) is 6.61 Å². The molecule has 0 saturated heterocycles. The molecular formula is C10H8F3NO2. The summed E-state index contributed by atoms with van der Waals surface area (Å²) in [5, 5.41) is 0. The normalized spacial score (nSPS) is 10.8. The van der Waals surface area contributed by atoms with E-state index in [1.54, 1.807) is 13.0 Å². The van der Waals surface area contributed by atoms with Crippen molar-refractivity contribution in [2.45, 2.75) is 13.1 Å². The van der Waals surface area contributed by atoms with Crippen LogP contribution in [0.25, 0.3) is 0 Å². The lowest BCUT2D eigenvalue weighted by molar-refractivity contribution is -0.153. The SMILES string of the molecule is Cc1ccc(N=C=O)c(OCC(F)(F)F)c1. The highest BCUT2D eigenvalue weighted by atomic mass is 19.4. The zero-order valence-corrected chi connectivity index (χ0v) is 8.34. The predicted molar refractivity (Wildman–Crippen MR) is 50.5 cm³/mol. The van der Waals surface area contributed by atoms with Gasteiger partial charge in [0.15, 0.2) is 6.61 Å². The van der Waals surface area contributed by atoms with Crippen molar-refractivity contribution in [3.63, 3.8) is 0 Å². The van der Waals surface area contributed by atoms with E-state index in [-0.39, 0.29) is 11.4 Å². The minimum absolute atomic E-state index is 0.0323. The fraction of sp³-hybridized carbons (Fsp3) is 0.300. The number of halogens is 3. The Labute approximate surface area is 89.6 Å². The first-order valence-corrected chi connectivity index (χ1v) is 4.30. The van der Waals surface area contributed by atoms with E-state index >= 15 is 0 Å². The highest BCUT2D eigenvalue weighted by Gasteiger charge is 2.28. The monoisotopic (exact) mass is 231 g/mol. The molecule has 0 atom stereocenters. The van der Waals surface area contributed by atoms with E-state index in [2.05, 4.69) is 9.73 Å². The van der Waals surface area contributed by atoms with Gasteiger partial charge < -0.3 is 4.74 Å². The van der Waals surface area contributed by atoms with E-state index in [9.17, 15) is 18.0 Å². The van der Waals surface area contributed by atoms with E-state index in [1.165, 1.54) is 18.2 Å². The van der Waals surface area contributed by atoms with Crippen molar-refractivity contribution in [2.24, 2.45) is 4.99 Å². The minimum atomic E-state index is -4.42. The number of aryl methyl sites for hydroxylation is 1. The van der Waals surface area contributed by atoms with Crippen molar-refractivity contribution in [1.29, 1.82) is 0 Å². The fourth-order valence-electron chi connectivity index (χ4n) is 1.04. The van der Waals surface area contributed by atoms with Gasteiger partial charge in [-0.2, -0.15) is 18.2 Å². The summed E-state index contributed by atoms with van der Waals surface area (Å²) in [5.74, 6) is -0.0827. The Morgan fingerprint density at radius 2 is 2.12 bits per heavy atom. The summed E-state index contributed by atoms with van der Waals surface area (Å²) in [6.07, 6.45) is -3.17. The summed E-state index contributed by atoms with van der Waals surface area (Å²) in [6, 6.07) is 4.38. The minimum Gasteiger partial charge on any atom is -0.482 e. The largest absolute Gasteiger partial charge is 0.482 e. The molecule has 0 aliphatic heterocycles. The predicted octanol–water partition coefficient (Wildman–Crippen LogP) is 2.90. The first-order chi connectivity index (χ1) is 7.42. The number of alkyl halides is 3. The molecule has 0 saturated carbocycles. The zero-order chi connectivity index (χ0) is 12.2. The number of ether oxygens (including phenoxy) is 1. The first kappa shape index (κ1) is 12.3. The molecule has 0 aliphatic rings. The molecule has 1 aromatic carbocycles. The molecule has 86 valence electrons. The Balaban J connectivity index is 2.92. The molecule has 1 aromatic rings. The summed E-state index contributed by atoms with van der Waals surface area (Å²) in [6.45, 7) is 0.271. The molecule has 0 bridgehead atoms. The smallest absolute Gasteiger partial charge is 0.422 e. The molecule has 0 radical (unpaired) electrons. The average Bonchev–Trinajstić information content (AvgIpc) is 2.17. The van der Waals surface area contributed by atoms with Crippen LogP contribution in [0.5, 0.6) is 5.75 Å². The Kier molecular flexibility index (Phi) is 3.68. The van der Waals surface area contributed by atoms with E-state index in [1.807, 2.05) is 0 Å². The summed E-state index contributed by atoms with van der Waals surface area (Å²) in [7, 11) is 0. The molecule has 0 heterocycles. The number of carbonyl (C=O) groups excluding carboxylic acids is 1. The molecule has 0 fully saturated rings. The van der Waals surface area contributed by atoms with Crippen molar-refractivity contribution >= 4 is 11.8 Å². The summed E-state index contributed by atoms with van der Waals surface area (Å²) in [4.78, 5) is 13.3. The number of nitrogens with zero attached hydrogens (tertiary/aromatic N) is 1.